The SMILES string of the molecule is COc1ccc(C2OCC3(CO2)CC(O)C(O)[C@H](O[C@H]2CC[C@@]4(C)C(=CC[C@H]5[C@@H]6C[C@@H]7O[C@]8(CC[C@@H](C)CO8)[C@@H](C)[C@@H]7[C@@]6(C)CC[C@@H]54)C2)O3)cc1. The van der Waals surface area contributed by atoms with Crippen LogP contribution in [0.4, 0.5) is 0 Å². The fraction of sp³-hybridized carbons (Fsp3) is 0.810. The van der Waals surface area contributed by atoms with Crippen LogP contribution in [0.3, 0.4) is 0 Å². The van der Waals surface area contributed by atoms with E-state index in [0.717, 1.165) is 50.0 Å². The Hall–Kier alpha value is -1.56. The van der Waals surface area contributed by atoms with Gasteiger partial charge in [-0.05, 0) is 104 Å². The summed E-state index contributed by atoms with van der Waals surface area (Å²) in [5, 5.41) is 22.0. The summed E-state index contributed by atoms with van der Waals surface area (Å²) in [6.45, 7) is 11.2. The maximum atomic E-state index is 11.1. The molecule has 9 nitrogen and oxygen atoms in total. The van der Waals surface area contributed by atoms with Crippen LogP contribution in [0.1, 0.15) is 104 Å². The molecule has 2 unspecified atom stereocenters. The van der Waals surface area contributed by atoms with Gasteiger partial charge in [-0.2, -0.15) is 0 Å². The first-order valence-electron chi connectivity index (χ1n) is 20.0. The van der Waals surface area contributed by atoms with Crippen molar-refractivity contribution >= 4 is 0 Å². The maximum Gasteiger partial charge on any atom is 0.187 e. The molecule has 2 N–H and O–H groups in total. The van der Waals surface area contributed by atoms with E-state index < -0.39 is 30.4 Å². The van der Waals surface area contributed by atoms with Crippen molar-refractivity contribution in [3.63, 3.8) is 0 Å². The fourth-order valence-corrected chi connectivity index (χ4v) is 12.8. The molecular formula is C42H60O9. The quantitative estimate of drug-likeness (QED) is 0.331. The zero-order valence-electron chi connectivity index (χ0n) is 31.3. The zero-order chi connectivity index (χ0) is 35.3. The molecule has 2 spiro atoms. The van der Waals surface area contributed by atoms with Crippen LogP contribution in [-0.2, 0) is 28.4 Å². The summed E-state index contributed by atoms with van der Waals surface area (Å²) in [4.78, 5) is 0. The van der Waals surface area contributed by atoms with Gasteiger partial charge in [-0.15, -0.1) is 0 Å². The molecule has 4 aliphatic heterocycles. The first-order chi connectivity index (χ1) is 24.5. The molecule has 1 aromatic rings. The molecule has 4 heterocycles. The smallest absolute Gasteiger partial charge is 0.187 e. The predicted octanol–water partition coefficient (Wildman–Crippen LogP) is 6.70. The molecule has 8 aliphatic rings. The van der Waals surface area contributed by atoms with Crippen molar-refractivity contribution in [3.8, 4) is 5.75 Å². The molecule has 0 radical (unpaired) electrons. The molecule has 1 aromatic carbocycles. The Labute approximate surface area is 303 Å². The summed E-state index contributed by atoms with van der Waals surface area (Å²) < 4.78 is 44.1. The Kier molecular flexibility index (Phi) is 8.80. The number of fused-ring (bicyclic) bond motifs is 7. The number of ether oxygens (including phenoxy) is 7. The second-order valence-corrected chi connectivity index (χ2v) is 18.4. The van der Waals surface area contributed by atoms with Gasteiger partial charge < -0.3 is 43.4 Å². The number of allylic oxidation sites excluding steroid dienone is 1. The molecule has 3 saturated carbocycles. The van der Waals surface area contributed by atoms with E-state index in [9.17, 15) is 10.2 Å². The minimum absolute atomic E-state index is 0.0799. The second kappa shape index (κ2) is 12.8. The topological polar surface area (TPSA) is 105 Å². The normalized spacial score (nSPS) is 52.1. The van der Waals surface area contributed by atoms with Crippen LogP contribution in [0.5, 0.6) is 5.75 Å². The van der Waals surface area contributed by atoms with Crippen molar-refractivity contribution in [2.45, 2.75) is 140 Å². The number of aliphatic hydroxyl groups excluding tert-OH is 2. The van der Waals surface area contributed by atoms with Crippen molar-refractivity contribution in [3.05, 3.63) is 41.5 Å². The van der Waals surface area contributed by atoms with Crippen LogP contribution >= 0.6 is 0 Å². The van der Waals surface area contributed by atoms with Crippen LogP contribution in [0.2, 0.25) is 0 Å². The minimum atomic E-state index is -1.13. The lowest BCUT2D eigenvalue weighted by molar-refractivity contribution is -0.360. The first-order valence-corrected chi connectivity index (χ1v) is 20.0. The lowest BCUT2D eigenvalue weighted by atomic mass is 9.47. The van der Waals surface area contributed by atoms with Gasteiger partial charge in [0.25, 0.3) is 0 Å². The third-order valence-electron chi connectivity index (χ3n) is 15.7. The maximum absolute atomic E-state index is 11.1. The van der Waals surface area contributed by atoms with Crippen molar-refractivity contribution < 1.29 is 43.4 Å². The van der Waals surface area contributed by atoms with Gasteiger partial charge in [0.1, 0.15) is 17.5 Å². The lowest BCUT2D eigenvalue weighted by Gasteiger charge is -2.59. The van der Waals surface area contributed by atoms with Gasteiger partial charge in [0, 0.05) is 24.3 Å². The molecule has 7 fully saturated rings. The van der Waals surface area contributed by atoms with Gasteiger partial charge in [-0.3, -0.25) is 0 Å². The van der Waals surface area contributed by atoms with Gasteiger partial charge in [-0.1, -0.05) is 51.5 Å². The minimum Gasteiger partial charge on any atom is -0.497 e. The van der Waals surface area contributed by atoms with Crippen LogP contribution in [0.15, 0.2) is 35.9 Å². The second-order valence-electron chi connectivity index (χ2n) is 18.4. The number of rotatable bonds is 4. The summed E-state index contributed by atoms with van der Waals surface area (Å²) in [5.74, 6) is 4.09. The van der Waals surface area contributed by atoms with E-state index in [2.05, 4.69) is 33.8 Å². The average molecular weight is 709 g/mol. The van der Waals surface area contributed by atoms with Gasteiger partial charge in [0.2, 0.25) is 0 Å². The van der Waals surface area contributed by atoms with Crippen LogP contribution < -0.4 is 4.74 Å². The highest BCUT2D eigenvalue weighted by molar-refractivity contribution is 5.28. The van der Waals surface area contributed by atoms with Crippen LogP contribution in [-0.4, -0.2) is 79.2 Å². The summed E-state index contributed by atoms with van der Waals surface area (Å²) in [7, 11) is 1.64. The Morgan fingerprint density at radius 2 is 1.69 bits per heavy atom. The number of aliphatic hydroxyl groups is 2. The van der Waals surface area contributed by atoms with E-state index in [-0.39, 0.29) is 36.9 Å². The largest absolute Gasteiger partial charge is 0.497 e. The highest BCUT2D eigenvalue weighted by atomic mass is 16.8. The molecule has 9 rings (SSSR count). The monoisotopic (exact) mass is 708 g/mol. The van der Waals surface area contributed by atoms with Gasteiger partial charge in [0.05, 0.1) is 45.2 Å². The number of hydrogen-bond donors (Lipinski definition) is 2. The van der Waals surface area contributed by atoms with Crippen molar-refractivity contribution in [2.75, 3.05) is 26.9 Å². The average Bonchev–Trinajstić information content (AvgIpc) is 3.58. The third-order valence-corrected chi connectivity index (χ3v) is 15.7. The van der Waals surface area contributed by atoms with E-state index in [1.807, 2.05) is 24.3 Å². The molecule has 0 amide bonds. The molecule has 0 bridgehead atoms. The van der Waals surface area contributed by atoms with Crippen molar-refractivity contribution in [1.82, 2.24) is 0 Å². The van der Waals surface area contributed by atoms with Gasteiger partial charge >= 0.3 is 0 Å². The molecule has 282 valence electrons. The van der Waals surface area contributed by atoms with E-state index >= 15 is 0 Å². The van der Waals surface area contributed by atoms with Crippen molar-refractivity contribution in [2.24, 2.45) is 46.3 Å². The Morgan fingerprint density at radius 3 is 2.41 bits per heavy atom. The van der Waals surface area contributed by atoms with Crippen molar-refractivity contribution in [1.29, 1.82) is 0 Å². The van der Waals surface area contributed by atoms with Crippen LogP contribution in [0.25, 0.3) is 0 Å². The number of hydrogen-bond acceptors (Lipinski definition) is 9. The molecule has 4 saturated heterocycles. The molecule has 9 heteroatoms. The predicted molar refractivity (Wildman–Crippen MR) is 188 cm³/mol. The molecule has 51 heavy (non-hydrogen) atoms. The van der Waals surface area contributed by atoms with Crippen LogP contribution in [0, 0.1) is 46.3 Å². The lowest BCUT2D eigenvalue weighted by Crippen LogP contribution is -2.61. The fourth-order valence-electron chi connectivity index (χ4n) is 12.8. The van der Waals surface area contributed by atoms with Gasteiger partial charge in [-0.25, -0.2) is 0 Å². The number of methoxy groups -OCH3 is 1. The Morgan fingerprint density at radius 1 is 0.902 bits per heavy atom. The van der Waals surface area contributed by atoms with E-state index in [4.69, 9.17) is 33.2 Å². The molecular weight excluding hydrogens is 648 g/mol. The first kappa shape index (κ1) is 35.2. The van der Waals surface area contributed by atoms with E-state index in [1.54, 1.807) is 7.11 Å². The number of benzene rings is 1. The summed E-state index contributed by atoms with van der Waals surface area (Å²) >= 11 is 0. The Balaban J connectivity index is 0.852. The summed E-state index contributed by atoms with van der Waals surface area (Å²) in [6.07, 6.45) is 9.33. The molecule has 4 aliphatic carbocycles. The third kappa shape index (κ3) is 5.61. The summed E-state index contributed by atoms with van der Waals surface area (Å²) in [6, 6.07) is 7.61. The molecule has 14 atom stereocenters. The van der Waals surface area contributed by atoms with Gasteiger partial charge in [0.15, 0.2) is 18.4 Å². The standard InChI is InChI=1S/C42H60O9/c1-24-12-17-42(48-21-24)25(2)35-34(50-42)19-32-30-11-8-27-18-29(13-15-39(27,3)31(30)14-16-40(32,35)4)49-38-36(44)33(43)20-41(51-38)22-46-37(47-23-41)26-6-9-28(45-5)10-7-26/h6-10,24-25,29-38,43-44H,11-23H2,1-5H3/t24-,25+,29+,30-,31+,32+,33?,34+,35+,36?,37?,38-,39+,40+,41?,42-/m1/s1. The molecule has 0 aromatic heterocycles. The highest BCUT2D eigenvalue weighted by Gasteiger charge is 2.68. The van der Waals surface area contributed by atoms with E-state index in [0.29, 0.717) is 47.0 Å². The summed E-state index contributed by atoms with van der Waals surface area (Å²) in [5.41, 5.74) is 1.98. The zero-order valence-corrected chi connectivity index (χ0v) is 31.3. The van der Waals surface area contributed by atoms with E-state index in [1.165, 1.54) is 31.3 Å². The Bertz CT molecular complexity index is 1460. The highest BCUT2D eigenvalue weighted by Crippen LogP contribution is 2.70.